The number of methoxy groups -OCH3 is 1. The molecule has 0 bridgehead atoms. The average molecular weight is 220 g/mol. The van der Waals surface area contributed by atoms with Gasteiger partial charge in [0.15, 0.2) is 0 Å². The van der Waals surface area contributed by atoms with Crippen LogP contribution in [0.2, 0.25) is 0 Å². The molecule has 2 aromatic rings. The molecular weight excluding hydrogens is 211 g/mol. The van der Waals surface area contributed by atoms with Crippen LogP contribution in [0.15, 0.2) is 24.4 Å². The number of nitrogens with two attached hydrogens (primary N) is 1. The highest BCUT2D eigenvalue weighted by Crippen LogP contribution is 2.30. The minimum atomic E-state index is -0.445. The van der Waals surface area contributed by atoms with E-state index in [0.29, 0.717) is 11.4 Å². The number of nitrogen functional groups attached to an aromatic ring is 1. The molecule has 0 radical (unpaired) electrons. The van der Waals surface area contributed by atoms with Crippen LogP contribution < -0.4 is 10.5 Å². The van der Waals surface area contributed by atoms with Crippen LogP contribution in [0.3, 0.4) is 0 Å². The fourth-order valence-corrected chi connectivity index (χ4v) is 1.36. The van der Waals surface area contributed by atoms with Gasteiger partial charge in [-0.3, -0.25) is 0 Å². The number of rotatable bonds is 2. The molecule has 0 spiro atoms. The normalized spacial score (nSPS) is 10.1. The highest BCUT2D eigenvalue weighted by molar-refractivity contribution is 5.67. The molecule has 2 rings (SSSR count). The summed E-state index contributed by atoms with van der Waals surface area (Å²) in [6.07, 6.45) is 1.33. The molecule has 0 amide bonds. The van der Waals surface area contributed by atoms with Crippen molar-refractivity contribution in [3.63, 3.8) is 0 Å². The minimum Gasteiger partial charge on any atom is -0.496 e. The summed E-state index contributed by atoms with van der Waals surface area (Å²) < 4.78 is 18.7. The molecule has 6 heteroatoms. The third-order valence-electron chi connectivity index (χ3n) is 2.03. The van der Waals surface area contributed by atoms with Gasteiger partial charge in [-0.1, -0.05) is 6.07 Å². The van der Waals surface area contributed by atoms with Gasteiger partial charge in [-0.15, -0.1) is 5.10 Å². The van der Waals surface area contributed by atoms with Crippen LogP contribution in [-0.4, -0.2) is 22.3 Å². The lowest BCUT2D eigenvalue weighted by Gasteiger charge is -2.08. The Labute approximate surface area is 91.1 Å². The summed E-state index contributed by atoms with van der Waals surface area (Å²) >= 11 is 0. The van der Waals surface area contributed by atoms with Gasteiger partial charge < -0.3 is 10.5 Å². The average Bonchev–Trinajstić information content (AvgIpc) is 2.28. The van der Waals surface area contributed by atoms with Gasteiger partial charge in [-0.25, -0.2) is 9.37 Å². The first-order valence-corrected chi connectivity index (χ1v) is 4.50. The molecule has 2 N–H and O–H groups in total. The Morgan fingerprint density at radius 1 is 1.38 bits per heavy atom. The van der Waals surface area contributed by atoms with Crippen molar-refractivity contribution >= 4 is 5.95 Å². The number of ether oxygens (including phenoxy) is 1. The molecule has 0 saturated heterocycles. The van der Waals surface area contributed by atoms with Gasteiger partial charge in [0, 0.05) is 0 Å². The maximum absolute atomic E-state index is 13.6. The van der Waals surface area contributed by atoms with Gasteiger partial charge in [-0.2, -0.15) is 5.10 Å². The van der Waals surface area contributed by atoms with E-state index in [1.54, 1.807) is 12.1 Å². The fourth-order valence-electron chi connectivity index (χ4n) is 1.36. The lowest BCUT2D eigenvalue weighted by atomic mass is 10.1. The van der Waals surface area contributed by atoms with Gasteiger partial charge >= 0.3 is 0 Å². The Bertz CT molecular complexity index is 518. The standard InChI is InChI=1S/C10H9FN4O/c1-16-8-4-2-3-6(11)9(8)7-5-13-15-10(12)14-7/h2-5H,1H3,(H2,12,14,15). The summed E-state index contributed by atoms with van der Waals surface area (Å²) in [5.41, 5.74) is 5.91. The number of nitrogens with zero attached hydrogens (tertiary/aromatic N) is 3. The third kappa shape index (κ3) is 1.77. The first-order valence-electron chi connectivity index (χ1n) is 4.50. The molecule has 0 aliphatic rings. The van der Waals surface area contributed by atoms with Crippen molar-refractivity contribution in [1.29, 1.82) is 0 Å². The zero-order chi connectivity index (χ0) is 11.5. The van der Waals surface area contributed by atoms with Crippen molar-refractivity contribution in [3.05, 3.63) is 30.2 Å². The monoisotopic (exact) mass is 220 g/mol. The Morgan fingerprint density at radius 2 is 2.19 bits per heavy atom. The van der Waals surface area contributed by atoms with E-state index in [0.717, 1.165) is 0 Å². The van der Waals surface area contributed by atoms with Crippen molar-refractivity contribution < 1.29 is 9.13 Å². The molecule has 1 aromatic carbocycles. The van der Waals surface area contributed by atoms with Gasteiger partial charge in [-0.05, 0) is 12.1 Å². The first-order chi connectivity index (χ1) is 7.72. The van der Waals surface area contributed by atoms with Crippen molar-refractivity contribution in [2.45, 2.75) is 0 Å². The van der Waals surface area contributed by atoms with Crippen LogP contribution in [0, 0.1) is 5.82 Å². The molecule has 1 heterocycles. The number of halogens is 1. The van der Waals surface area contributed by atoms with Gasteiger partial charge in [0.1, 0.15) is 17.3 Å². The van der Waals surface area contributed by atoms with Crippen LogP contribution in [-0.2, 0) is 0 Å². The lowest BCUT2D eigenvalue weighted by Crippen LogP contribution is -2.00. The van der Waals surface area contributed by atoms with Crippen LogP contribution in [0.5, 0.6) is 5.75 Å². The molecule has 0 aliphatic heterocycles. The lowest BCUT2D eigenvalue weighted by molar-refractivity contribution is 0.413. The van der Waals surface area contributed by atoms with E-state index < -0.39 is 5.82 Å². The van der Waals surface area contributed by atoms with E-state index in [1.165, 1.54) is 19.4 Å². The van der Waals surface area contributed by atoms with Crippen LogP contribution in [0.1, 0.15) is 0 Å². The summed E-state index contributed by atoms with van der Waals surface area (Å²) in [4.78, 5) is 3.90. The molecule has 0 unspecified atom stereocenters. The molecule has 0 aliphatic carbocycles. The smallest absolute Gasteiger partial charge is 0.240 e. The Morgan fingerprint density at radius 3 is 2.88 bits per heavy atom. The second-order valence-corrected chi connectivity index (χ2v) is 3.02. The second kappa shape index (κ2) is 4.09. The summed E-state index contributed by atoms with van der Waals surface area (Å²) in [7, 11) is 1.45. The number of aromatic nitrogens is 3. The summed E-state index contributed by atoms with van der Waals surface area (Å²) in [5, 5.41) is 7.12. The Hall–Kier alpha value is -2.24. The Balaban J connectivity index is 2.63. The molecule has 0 fully saturated rings. The van der Waals surface area contributed by atoms with Crippen molar-refractivity contribution in [1.82, 2.24) is 15.2 Å². The molecule has 16 heavy (non-hydrogen) atoms. The van der Waals surface area contributed by atoms with Crippen molar-refractivity contribution in [3.8, 4) is 17.0 Å². The highest BCUT2D eigenvalue weighted by Gasteiger charge is 2.13. The topological polar surface area (TPSA) is 73.9 Å². The maximum Gasteiger partial charge on any atom is 0.240 e. The molecule has 0 atom stereocenters. The van der Waals surface area contributed by atoms with Crippen molar-refractivity contribution in [2.24, 2.45) is 0 Å². The van der Waals surface area contributed by atoms with Gasteiger partial charge in [0.05, 0.1) is 18.9 Å². The molecule has 1 aromatic heterocycles. The molecule has 5 nitrogen and oxygen atoms in total. The predicted molar refractivity (Wildman–Crippen MR) is 56.2 cm³/mol. The summed E-state index contributed by atoms with van der Waals surface area (Å²) in [5.74, 6) is -0.0815. The maximum atomic E-state index is 13.6. The largest absolute Gasteiger partial charge is 0.496 e. The van der Waals surface area contributed by atoms with E-state index >= 15 is 0 Å². The van der Waals surface area contributed by atoms with E-state index in [2.05, 4.69) is 15.2 Å². The molecular formula is C10H9FN4O. The number of benzene rings is 1. The number of hydrogen-bond donors (Lipinski definition) is 1. The first kappa shape index (κ1) is 10.3. The second-order valence-electron chi connectivity index (χ2n) is 3.02. The van der Waals surface area contributed by atoms with Crippen LogP contribution >= 0.6 is 0 Å². The number of anilines is 1. The predicted octanol–water partition coefficient (Wildman–Crippen LogP) is 1.27. The Kier molecular flexibility index (Phi) is 2.63. The van der Waals surface area contributed by atoms with Crippen LogP contribution in [0.4, 0.5) is 10.3 Å². The molecule has 0 saturated carbocycles. The zero-order valence-corrected chi connectivity index (χ0v) is 8.51. The van der Waals surface area contributed by atoms with Crippen molar-refractivity contribution in [2.75, 3.05) is 12.8 Å². The van der Waals surface area contributed by atoms with Gasteiger partial charge in [0.25, 0.3) is 0 Å². The summed E-state index contributed by atoms with van der Waals surface area (Å²) in [6.45, 7) is 0. The van der Waals surface area contributed by atoms with E-state index in [1.807, 2.05) is 0 Å². The number of hydrogen-bond acceptors (Lipinski definition) is 5. The van der Waals surface area contributed by atoms with E-state index in [4.69, 9.17) is 10.5 Å². The third-order valence-corrected chi connectivity index (χ3v) is 2.03. The van der Waals surface area contributed by atoms with E-state index in [-0.39, 0.29) is 11.5 Å². The zero-order valence-electron chi connectivity index (χ0n) is 8.51. The van der Waals surface area contributed by atoms with Crippen LogP contribution in [0.25, 0.3) is 11.3 Å². The van der Waals surface area contributed by atoms with Gasteiger partial charge in [0.2, 0.25) is 5.95 Å². The quantitative estimate of drug-likeness (QED) is 0.824. The molecule has 82 valence electrons. The SMILES string of the molecule is COc1cccc(F)c1-c1cnnc(N)n1. The minimum absolute atomic E-state index is 0.0113. The summed E-state index contributed by atoms with van der Waals surface area (Å²) in [6, 6.07) is 4.50. The fraction of sp³-hybridized carbons (Fsp3) is 0.100. The highest BCUT2D eigenvalue weighted by atomic mass is 19.1. The van der Waals surface area contributed by atoms with E-state index in [9.17, 15) is 4.39 Å².